The molecule has 0 radical (unpaired) electrons. The molecular weight excluding hydrogens is 214 g/mol. The van der Waals surface area contributed by atoms with Crippen molar-refractivity contribution in [3.63, 3.8) is 0 Å². The quantitative estimate of drug-likeness (QED) is 0.794. The number of aryl methyl sites for hydroxylation is 1. The molecule has 1 aromatic rings. The average Bonchev–Trinajstić information content (AvgIpc) is 2.48. The first-order valence-electron chi connectivity index (χ1n) is 6.08. The van der Waals surface area contributed by atoms with E-state index >= 15 is 0 Å². The summed E-state index contributed by atoms with van der Waals surface area (Å²) in [6, 6.07) is 5.97. The number of hydrogen-bond acceptors (Lipinski definition) is 2. The molecule has 1 unspecified atom stereocenters. The maximum atomic E-state index is 11.8. The van der Waals surface area contributed by atoms with Crippen molar-refractivity contribution in [1.82, 2.24) is 5.32 Å². The molecule has 2 amide bonds. The van der Waals surface area contributed by atoms with Crippen LogP contribution in [0, 0.1) is 0 Å². The summed E-state index contributed by atoms with van der Waals surface area (Å²) in [6.45, 7) is 4.27. The van der Waals surface area contributed by atoms with Gasteiger partial charge in [-0.05, 0) is 36.0 Å². The van der Waals surface area contributed by atoms with Crippen molar-refractivity contribution in [3.8, 4) is 0 Å². The predicted molar refractivity (Wildman–Crippen MR) is 65.9 cm³/mol. The second kappa shape index (κ2) is 4.70. The number of amides is 2. The van der Waals surface area contributed by atoms with Gasteiger partial charge in [0.05, 0.1) is 0 Å². The van der Waals surface area contributed by atoms with Gasteiger partial charge >= 0.3 is 0 Å². The average molecular weight is 231 g/mol. The summed E-state index contributed by atoms with van der Waals surface area (Å²) in [6.07, 6.45) is 2.08. The highest BCUT2D eigenvalue weighted by molar-refractivity contribution is 6.06. The molecule has 0 fully saturated rings. The van der Waals surface area contributed by atoms with Crippen LogP contribution in [0.5, 0.6) is 0 Å². The third-order valence-corrected chi connectivity index (χ3v) is 3.43. The van der Waals surface area contributed by atoms with Crippen LogP contribution in [0.25, 0.3) is 0 Å². The lowest BCUT2D eigenvalue weighted by Gasteiger charge is -2.12. The maximum Gasteiger partial charge on any atom is 0.258 e. The van der Waals surface area contributed by atoms with Crippen LogP contribution in [-0.4, -0.2) is 11.8 Å². The van der Waals surface area contributed by atoms with Crippen LogP contribution in [0.3, 0.4) is 0 Å². The Morgan fingerprint density at radius 3 is 2.76 bits per heavy atom. The zero-order valence-electron chi connectivity index (χ0n) is 10.2. The second-order valence-corrected chi connectivity index (χ2v) is 4.60. The number of rotatable bonds is 2. The van der Waals surface area contributed by atoms with Gasteiger partial charge < -0.3 is 0 Å². The molecule has 1 atom stereocenters. The molecule has 1 N–H and O–H groups in total. The van der Waals surface area contributed by atoms with Gasteiger partial charge in [-0.3, -0.25) is 14.9 Å². The molecule has 1 aromatic carbocycles. The molecule has 2 rings (SSSR count). The van der Waals surface area contributed by atoms with Gasteiger partial charge in [-0.15, -0.1) is 0 Å². The van der Waals surface area contributed by atoms with E-state index in [9.17, 15) is 9.59 Å². The molecular formula is C14H17NO2. The summed E-state index contributed by atoms with van der Waals surface area (Å²) in [7, 11) is 0. The van der Waals surface area contributed by atoms with E-state index in [1.54, 1.807) is 0 Å². The highest BCUT2D eigenvalue weighted by Crippen LogP contribution is 2.23. The summed E-state index contributed by atoms with van der Waals surface area (Å²) in [5.74, 6) is -0.00371. The topological polar surface area (TPSA) is 46.2 Å². The van der Waals surface area contributed by atoms with E-state index in [1.165, 1.54) is 0 Å². The molecule has 0 aromatic heterocycles. The fraction of sp³-hybridized carbons (Fsp3) is 0.429. The van der Waals surface area contributed by atoms with E-state index in [2.05, 4.69) is 25.2 Å². The van der Waals surface area contributed by atoms with Crippen LogP contribution in [0.4, 0.5) is 0 Å². The number of benzene rings is 1. The van der Waals surface area contributed by atoms with E-state index in [0.717, 1.165) is 17.5 Å². The Hall–Kier alpha value is -1.64. The number of fused-ring (bicyclic) bond motifs is 1. The molecule has 1 aliphatic heterocycles. The zero-order chi connectivity index (χ0) is 12.4. The minimum absolute atomic E-state index is 0.184. The lowest BCUT2D eigenvalue weighted by atomic mass is 9.93. The van der Waals surface area contributed by atoms with Gasteiger partial charge in [-0.2, -0.15) is 0 Å². The lowest BCUT2D eigenvalue weighted by Crippen LogP contribution is -2.28. The maximum absolute atomic E-state index is 11.8. The molecule has 0 bridgehead atoms. The normalized spacial score (nSPS) is 17.1. The summed E-state index contributed by atoms with van der Waals surface area (Å²) >= 11 is 0. The van der Waals surface area contributed by atoms with E-state index in [-0.39, 0.29) is 11.8 Å². The van der Waals surface area contributed by atoms with Gasteiger partial charge in [-0.1, -0.05) is 26.0 Å². The molecule has 0 spiro atoms. The monoisotopic (exact) mass is 231 g/mol. The van der Waals surface area contributed by atoms with Gasteiger partial charge in [0.25, 0.3) is 5.91 Å². The molecule has 3 heteroatoms. The van der Waals surface area contributed by atoms with Crippen molar-refractivity contribution in [1.29, 1.82) is 0 Å². The molecule has 1 heterocycles. The van der Waals surface area contributed by atoms with E-state index in [1.807, 2.05) is 12.1 Å². The van der Waals surface area contributed by atoms with Crippen molar-refractivity contribution < 1.29 is 9.59 Å². The highest BCUT2D eigenvalue weighted by Gasteiger charge is 2.20. The number of imide groups is 1. The Morgan fingerprint density at radius 1 is 1.29 bits per heavy atom. The Balaban J connectivity index is 2.40. The molecule has 3 nitrogen and oxygen atoms in total. The summed E-state index contributed by atoms with van der Waals surface area (Å²) in [5, 5.41) is 2.40. The Bertz CT molecular complexity index is 465. The Kier molecular flexibility index (Phi) is 3.27. The number of carbonyl (C=O) groups excluding carboxylic acids is 2. The minimum Gasteiger partial charge on any atom is -0.292 e. The second-order valence-electron chi connectivity index (χ2n) is 4.60. The first-order valence-corrected chi connectivity index (χ1v) is 6.08. The Labute approximate surface area is 101 Å². The highest BCUT2D eigenvalue weighted by atomic mass is 16.2. The van der Waals surface area contributed by atoms with E-state index in [4.69, 9.17) is 0 Å². The Morgan fingerprint density at radius 2 is 2.06 bits per heavy atom. The zero-order valence-corrected chi connectivity index (χ0v) is 10.2. The van der Waals surface area contributed by atoms with Crippen molar-refractivity contribution in [2.75, 3.05) is 0 Å². The SMILES string of the molecule is CCC(C)c1ccc2c(c1)C(=O)NC(=O)CC2. The first-order chi connectivity index (χ1) is 8.11. The standard InChI is InChI=1S/C14H17NO2/c1-3-9(2)11-5-4-10-6-7-13(16)15-14(17)12(10)8-11/h4-5,8-9H,3,6-7H2,1-2H3,(H,15,16,17). The van der Waals surface area contributed by atoms with Gasteiger partial charge in [0.15, 0.2) is 0 Å². The van der Waals surface area contributed by atoms with Crippen LogP contribution in [0.1, 0.15) is 54.1 Å². The van der Waals surface area contributed by atoms with Gasteiger partial charge in [0.2, 0.25) is 5.91 Å². The summed E-state index contributed by atoms with van der Waals surface area (Å²) in [5.41, 5.74) is 2.80. The van der Waals surface area contributed by atoms with Gasteiger partial charge in [-0.25, -0.2) is 0 Å². The molecule has 0 saturated carbocycles. The van der Waals surface area contributed by atoms with Crippen molar-refractivity contribution >= 4 is 11.8 Å². The number of nitrogens with one attached hydrogen (secondary N) is 1. The smallest absolute Gasteiger partial charge is 0.258 e. The van der Waals surface area contributed by atoms with Crippen LogP contribution >= 0.6 is 0 Å². The van der Waals surface area contributed by atoms with E-state index in [0.29, 0.717) is 24.3 Å². The third kappa shape index (κ3) is 2.38. The first kappa shape index (κ1) is 11.8. The van der Waals surface area contributed by atoms with Gasteiger partial charge in [0, 0.05) is 12.0 Å². The molecule has 90 valence electrons. The molecule has 0 aliphatic carbocycles. The van der Waals surface area contributed by atoms with Crippen LogP contribution in [0.2, 0.25) is 0 Å². The molecule has 1 aliphatic rings. The van der Waals surface area contributed by atoms with Crippen LogP contribution in [0.15, 0.2) is 18.2 Å². The van der Waals surface area contributed by atoms with Crippen molar-refractivity contribution in [2.45, 2.75) is 39.0 Å². The van der Waals surface area contributed by atoms with Crippen molar-refractivity contribution in [2.24, 2.45) is 0 Å². The number of hydrogen-bond donors (Lipinski definition) is 1. The predicted octanol–water partition coefficient (Wildman–Crippen LogP) is 2.40. The van der Waals surface area contributed by atoms with Crippen molar-refractivity contribution in [3.05, 3.63) is 34.9 Å². The number of carbonyl (C=O) groups is 2. The van der Waals surface area contributed by atoms with Crippen LogP contribution in [-0.2, 0) is 11.2 Å². The van der Waals surface area contributed by atoms with Gasteiger partial charge in [0.1, 0.15) is 0 Å². The molecule has 17 heavy (non-hydrogen) atoms. The third-order valence-electron chi connectivity index (χ3n) is 3.43. The largest absolute Gasteiger partial charge is 0.292 e. The lowest BCUT2D eigenvalue weighted by molar-refractivity contribution is -0.119. The fourth-order valence-corrected chi connectivity index (χ4v) is 2.07. The van der Waals surface area contributed by atoms with E-state index < -0.39 is 0 Å². The summed E-state index contributed by atoms with van der Waals surface area (Å²) in [4.78, 5) is 23.2. The van der Waals surface area contributed by atoms with Crippen LogP contribution < -0.4 is 5.32 Å². The fourth-order valence-electron chi connectivity index (χ4n) is 2.07. The summed E-state index contributed by atoms with van der Waals surface area (Å²) < 4.78 is 0. The minimum atomic E-state index is -0.257. The molecule has 0 saturated heterocycles.